The van der Waals surface area contributed by atoms with Crippen molar-refractivity contribution in [2.45, 2.75) is 24.0 Å². The number of thioether (sulfide) groups is 1. The summed E-state index contributed by atoms with van der Waals surface area (Å²) in [7, 11) is 0. The second-order valence-electron chi connectivity index (χ2n) is 4.57. The summed E-state index contributed by atoms with van der Waals surface area (Å²) in [5.41, 5.74) is 3.59. The Balaban J connectivity index is 1.88. The highest BCUT2D eigenvalue weighted by Gasteiger charge is 2.11. The summed E-state index contributed by atoms with van der Waals surface area (Å²) in [5, 5.41) is 4.98. The fourth-order valence-electron chi connectivity index (χ4n) is 1.86. The van der Waals surface area contributed by atoms with Gasteiger partial charge in [-0.15, -0.1) is 23.1 Å². The summed E-state index contributed by atoms with van der Waals surface area (Å²) in [5.74, 6) is 0.746. The maximum Gasteiger partial charge on any atom is 0.252 e. The number of aromatic nitrogens is 1. The minimum absolute atomic E-state index is 0.0297. The van der Waals surface area contributed by atoms with E-state index in [1.54, 1.807) is 23.1 Å². The molecule has 1 N–H and O–H groups in total. The second-order valence-corrected chi connectivity index (χ2v) is 6.31. The Morgan fingerprint density at radius 1 is 1.41 bits per heavy atom. The predicted octanol–water partition coefficient (Wildman–Crippen LogP) is 3.59. The van der Waals surface area contributed by atoms with Gasteiger partial charge in [0.25, 0.3) is 5.91 Å². The highest BCUT2D eigenvalue weighted by molar-refractivity contribution is 7.98. The maximum absolute atomic E-state index is 12.3. The lowest BCUT2D eigenvalue weighted by Gasteiger charge is -2.09. The van der Waals surface area contributed by atoms with Crippen molar-refractivity contribution in [3.05, 3.63) is 46.4 Å². The summed E-state index contributed by atoms with van der Waals surface area (Å²) in [6.45, 7) is 3.99. The number of carbonyl (C=O) groups is 1. The Labute approximate surface area is 139 Å². The van der Waals surface area contributed by atoms with Crippen LogP contribution in [0.1, 0.15) is 29.4 Å². The summed E-state index contributed by atoms with van der Waals surface area (Å²) in [6.07, 6.45) is 0.827. The van der Waals surface area contributed by atoms with Crippen molar-refractivity contribution in [1.82, 2.24) is 10.3 Å². The van der Waals surface area contributed by atoms with Gasteiger partial charge in [0.2, 0.25) is 0 Å². The number of hydrogen-bond donors (Lipinski definition) is 1. The van der Waals surface area contributed by atoms with Crippen molar-refractivity contribution < 1.29 is 9.53 Å². The fraction of sp³-hybridized carbons (Fsp3) is 0.375. The van der Waals surface area contributed by atoms with Crippen molar-refractivity contribution in [2.24, 2.45) is 0 Å². The molecule has 6 heteroatoms. The van der Waals surface area contributed by atoms with Gasteiger partial charge in [0, 0.05) is 35.8 Å². The van der Waals surface area contributed by atoms with E-state index in [4.69, 9.17) is 4.74 Å². The van der Waals surface area contributed by atoms with E-state index in [0.717, 1.165) is 28.3 Å². The number of carbonyl (C=O) groups excluding carboxylic acids is 1. The van der Waals surface area contributed by atoms with Gasteiger partial charge in [-0.05, 0) is 25.5 Å². The van der Waals surface area contributed by atoms with Crippen molar-refractivity contribution in [2.75, 3.05) is 19.8 Å². The third kappa shape index (κ3) is 5.44. The molecule has 0 aliphatic heterocycles. The molecule has 0 fully saturated rings. The molecule has 0 aliphatic rings. The van der Waals surface area contributed by atoms with Crippen LogP contribution in [0.4, 0.5) is 0 Å². The summed E-state index contributed by atoms with van der Waals surface area (Å²) >= 11 is 3.23. The van der Waals surface area contributed by atoms with Crippen LogP contribution in [0, 0.1) is 0 Å². The normalized spacial score (nSPS) is 10.6. The van der Waals surface area contributed by atoms with E-state index in [9.17, 15) is 4.79 Å². The third-order valence-corrected chi connectivity index (χ3v) is 4.69. The molecule has 0 atom stereocenters. The van der Waals surface area contributed by atoms with E-state index in [-0.39, 0.29) is 5.91 Å². The van der Waals surface area contributed by atoms with Gasteiger partial charge in [0.1, 0.15) is 0 Å². The topological polar surface area (TPSA) is 51.2 Å². The Morgan fingerprint density at radius 3 is 3.05 bits per heavy atom. The minimum atomic E-state index is -0.0297. The van der Waals surface area contributed by atoms with Gasteiger partial charge >= 0.3 is 0 Å². The smallest absolute Gasteiger partial charge is 0.252 e. The van der Waals surface area contributed by atoms with Gasteiger partial charge in [-0.3, -0.25) is 4.79 Å². The zero-order valence-electron chi connectivity index (χ0n) is 12.6. The van der Waals surface area contributed by atoms with Crippen molar-refractivity contribution >= 4 is 29.0 Å². The lowest BCUT2D eigenvalue weighted by Crippen LogP contribution is -2.25. The van der Waals surface area contributed by atoms with Crippen LogP contribution in [0.5, 0.6) is 0 Å². The zero-order chi connectivity index (χ0) is 15.6. The van der Waals surface area contributed by atoms with E-state index < -0.39 is 0 Å². The highest BCUT2D eigenvalue weighted by Crippen LogP contribution is 2.26. The lowest BCUT2D eigenvalue weighted by atomic mass is 10.2. The first-order chi connectivity index (χ1) is 10.8. The van der Waals surface area contributed by atoms with E-state index in [1.807, 2.05) is 42.1 Å². The summed E-state index contributed by atoms with van der Waals surface area (Å²) < 4.78 is 5.26. The van der Waals surface area contributed by atoms with Crippen LogP contribution in [-0.4, -0.2) is 30.6 Å². The number of amides is 1. The summed E-state index contributed by atoms with van der Waals surface area (Å²) in [6, 6.07) is 7.69. The first-order valence-electron chi connectivity index (χ1n) is 7.26. The molecule has 0 saturated heterocycles. The number of benzene rings is 1. The molecule has 0 aliphatic carbocycles. The number of thiazole rings is 1. The average Bonchev–Trinajstić information content (AvgIpc) is 3.06. The number of nitrogens with zero attached hydrogens (tertiary/aromatic N) is 1. The Bertz CT molecular complexity index is 573. The quantitative estimate of drug-likeness (QED) is 0.561. The zero-order valence-corrected chi connectivity index (χ0v) is 14.2. The molecule has 0 radical (unpaired) electrons. The van der Waals surface area contributed by atoms with Gasteiger partial charge in [-0.2, -0.15) is 0 Å². The highest BCUT2D eigenvalue weighted by atomic mass is 32.2. The molecular weight excluding hydrogens is 316 g/mol. The molecule has 1 amide bonds. The number of hydrogen-bond acceptors (Lipinski definition) is 5. The number of ether oxygens (including phenoxy) is 1. The Hall–Kier alpha value is -1.37. The van der Waals surface area contributed by atoms with Gasteiger partial charge in [0.15, 0.2) is 0 Å². The molecular formula is C16H20N2O2S2. The molecule has 1 aromatic heterocycles. The predicted molar refractivity (Wildman–Crippen MR) is 91.6 cm³/mol. The molecule has 2 aromatic rings. The molecule has 1 heterocycles. The van der Waals surface area contributed by atoms with Crippen LogP contribution in [-0.2, 0) is 10.5 Å². The van der Waals surface area contributed by atoms with Crippen LogP contribution < -0.4 is 5.32 Å². The van der Waals surface area contributed by atoms with Crippen LogP contribution in [0.25, 0.3) is 0 Å². The SMILES string of the molecule is CCOCCCNC(=O)c1ccccc1SCc1cscn1. The molecule has 0 spiro atoms. The molecule has 4 nitrogen and oxygen atoms in total. The number of rotatable bonds is 9. The maximum atomic E-state index is 12.3. The minimum Gasteiger partial charge on any atom is -0.382 e. The van der Waals surface area contributed by atoms with Crippen LogP contribution in [0.15, 0.2) is 40.1 Å². The van der Waals surface area contributed by atoms with Crippen LogP contribution >= 0.6 is 23.1 Å². The average molecular weight is 336 g/mol. The first kappa shape index (κ1) is 17.0. The molecule has 0 saturated carbocycles. The van der Waals surface area contributed by atoms with Gasteiger partial charge in [-0.25, -0.2) is 4.98 Å². The Kier molecular flexibility index (Phi) is 7.42. The van der Waals surface area contributed by atoms with E-state index in [0.29, 0.717) is 19.8 Å². The fourth-order valence-corrected chi connectivity index (χ4v) is 3.47. The molecule has 1 aromatic carbocycles. The standard InChI is InChI=1S/C16H20N2O2S2/c1-2-20-9-5-8-17-16(19)14-6-3-4-7-15(14)22-11-13-10-21-12-18-13/h3-4,6-7,10,12H,2,5,8-9,11H2,1H3,(H,17,19). The van der Waals surface area contributed by atoms with E-state index in [1.165, 1.54) is 0 Å². The second kappa shape index (κ2) is 9.61. The van der Waals surface area contributed by atoms with Gasteiger partial charge in [-0.1, -0.05) is 12.1 Å². The van der Waals surface area contributed by atoms with Crippen molar-refractivity contribution in [3.63, 3.8) is 0 Å². The van der Waals surface area contributed by atoms with Crippen LogP contribution in [0.2, 0.25) is 0 Å². The van der Waals surface area contributed by atoms with E-state index in [2.05, 4.69) is 10.3 Å². The van der Waals surface area contributed by atoms with Gasteiger partial charge in [0.05, 0.1) is 16.8 Å². The molecule has 2 rings (SSSR count). The molecule has 22 heavy (non-hydrogen) atoms. The van der Waals surface area contributed by atoms with Crippen LogP contribution in [0.3, 0.4) is 0 Å². The molecule has 0 bridgehead atoms. The van der Waals surface area contributed by atoms with Crippen molar-refractivity contribution in [1.29, 1.82) is 0 Å². The summed E-state index contributed by atoms with van der Waals surface area (Å²) in [4.78, 5) is 17.5. The number of nitrogens with one attached hydrogen (secondary N) is 1. The largest absolute Gasteiger partial charge is 0.382 e. The first-order valence-corrected chi connectivity index (χ1v) is 9.19. The lowest BCUT2D eigenvalue weighted by molar-refractivity contribution is 0.0941. The monoisotopic (exact) mass is 336 g/mol. The Morgan fingerprint density at radius 2 is 2.27 bits per heavy atom. The molecule has 0 unspecified atom stereocenters. The van der Waals surface area contributed by atoms with E-state index >= 15 is 0 Å². The third-order valence-electron chi connectivity index (χ3n) is 2.95. The van der Waals surface area contributed by atoms with Gasteiger partial charge < -0.3 is 10.1 Å². The molecule has 118 valence electrons. The van der Waals surface area contributed by atoms with Crippen molar-refractivity contribution in [3.8, 4) is 0 Å².